The fraction of sp³-hybridized carbons (Fsp3) is 0.857. The lowest BCUT2D eigenvalue weighted by molar-refractivity contribution is 0.136. The van der Waals surface area contributed by atoms with Crippen LogP contribution in [0.2, 0.25) is 0 Å². The van der Waals surface area contributed by atoms with Crippen molar-refractivity contribution >= 4 is 18.1 Å². The molecule has 0 unspecified atom stereocenters. The third-order valence-corrected chi connectivity index (χ3v) is 1.84. The summed E-state index contributed by atoms with van der Waals surface area (Å²) >= 11 is 0. The van der Waals surface area contributed by atoms with Gasteiger partial charge in [0, 0.05) is 6.54 Å². The molecule has 0 aromatic heterocycles. The van der Waals surface area contributed by atoms with Gasteiger partial charge in [-0.2, -0.15) is 0 Å². The summed E-state index contributed by atoms with van der Waals surface area (Å²) in [4.78, 5) is 4.39. The normalized spacial score (nSPS) is 12.5. The predicted octanol–water partition coefficient (Wildman–Crippen LogP) is 0.517. The average molecular weight is 212 g/mol. The van der Waals surface area contributed by atoms with Crippen molar-refractivity contribution in [3.63, 3.8) is 0 Å². The first-order chi connectivity index (χ1) is 5.54. The molecular formula is C7H18ClN3O2. The van der Waals surface area contributed by atoms with E-state index in [-0.39, 0.29) is 17.9 Å². The Labute approximate surface area is 84.7 Å². The SMILES string of the molecule is CC(=NO)C(C)(C)NCCON.Cl. The molecule has 0 radical (unpaired) electrons. The lowest BCUT2D eigenvalue weighted by atomic mass is 10.00. The average Bonchev–Trinajstić information content (AvgIpc) is 2.03. The van der Waals surface area contributed by atoms with Crippen molar-refractivity contribution < 1.29 is 10.0 Å². The minimum absolute atomic E-state index is 0. The molecule has 0 amide bonds. The molecule has 0 aliphatic heterocycles. The summed E-state index contributed by atoms with van der Waals surface area (Å²) in [5, 5.41) is 14.8. The summed E-state index contributed by atoms with van der Waals surface area (Å²) in [5.74, 6) is 4.85. The van der Waals surface area contributed by atoms with Gasteiger partial charge in [-0.05, 0) is 20.8 Å². The second kappa shape index (κ2) is 7.08. The molecule has 0 saturated carbocycles. The molecule has 0 saturated heterocycles. The van der Waals surface area contributed by atoms with E-state index < -0.39 is 0 Å². The van der Waals surface area contributed by atoms with Gasteiger partial charge in [0.05, 0.1) is 17.9 Å². The Morgan fingerprint density at radius 2 is 2.15 bits per heavy atom. The van der Waals surface area contributed by atoms with Gasteiger partial charge in [0.2, 0.25) is 0 Å². The van der Waals surface area contributed by atoms with Gasteiger partial charge in [-0.1, -0.05) is 5.16 Å². The number of nitrogens with two attached hydrogens (primary N) is 1. The van der Waals surface area contributed by atoms with Crippen LogP contribution < -0.4 is 11.2 Å². The molecule has 0 aliphatic rings. The van der Waals surface area contributed by atoms with E-state index in [4.69, 9.17) is 11.1 Å². The van der Waals surface area contributed by atoms with Crippen molar-refractivity contribution in [1.29, 1.82) is 0 Å². The number of halogens is 1. The highest BCUT2D eigenvalue weighted by Crippen LogP contribution is 2.03. The molecule has 5 nitrogen and oxygen atoms in total. The summed E-state index contributed by atoms with van der Waals surface area (Å²) in [5.41, 5.74) is 0.298. The third kappa shape index (κ3) is 5.81. The quantitative estimate of drug-likeness (QED) is 0.268. The molecule has 0 atom stereocenters. The minimum atomic E-state index is -0.326. The van der Waals surface area contributed by atoms with Gasteiger partial charge < -0.3 is 15.4 Å². The minimum Gasteiger partial charge on any atom is -0.411 e. The molecular weight excluding hydrogens is 194 g/mol. The second-order valence-electron chi connectivity index (χ2n) is 3.11. The maximum absolute atomic E-state index is 8.52. The topological polar surface area (TPSA) is 79.9 Å². The molecule has 0 rings (SSSR count). The Balaban J connectivity index is 0. The summed E-state index contributed by atoms with van der Waals surface area (Å²) in [6.45, 7) is 6.63. The summed E-state index contributed by atoms with van der Waals surface area (Å²) < 4.78 is 0. The number of nitrogens with one attached hydrogen (secondary N) is 1. The van der Waals surface area contributed by atoms with E-state index in [1.807, 2.05) is 13.8 Å². The molecule has 13 heavy (non-hydrogen) atoms. The first-order valence-electron chi connectivity index (χ1n) is 3.80. The molecule has 0 fully saturated rings. The Morgan fingerprint density at radius 1 is 1.62 bits per heavy atom. The molecule has 0 aliphatic carbocycles. The van der Waals surface area contributed by atoms with Crippen molar-refractivity contribution in [2.24, 2.45) is 11.1 Å². The fourth-order valence-electron chi connectivity index (χ4n) is 0.675. The summed E-state index contributed by atoms with van der Waals surface area (Å²) in [7, 11) is 0. The van der Waals surface area contributed by atoms with E-state index >= 15 is 0 Å². The lowest BCUT2D eigenvalue weighted by Crippen LogP contribution is -2.47. The Bertz CT molecular complexity index is 162. The van der Waals surface area contributed by atoms with Crippen molar-refractivity contribution in [3.8, 4) is 0 Å². The van der Waals surface area contributed by atoms with Crippen LogP contribution in [0.25, 0.3) is 0 Å². The zero-order valence-electron chi connectivity index (χ0n) is 8.20. The van der Waals surface area contributed by atoms with E-state index in [0.717, 1.165) is 0 Å². The standard InChI is InChI=1S/C7H17N3O2.ClH/c1-6(10-11)7(2,3)9-4-5-12-8;/h9,11H,4-5,8H2,1-3H3;1H. The van der Waals surface area contributed by atoms with E-state index in [1.54, 1.807) is 6.92 Å². The zero-order chi connectivity index (χ0) is 9.61. The highest BCUT2D eigenvalue weighted by Gasteiger charge is 2.20. The van der Waals surface area contributed by atoms with Gasteiger partial charge in [-0.15, -0.1) is 12.4 Å². The number of rotatable bonds is 5. The molecule has 0 bridgehead atoms. The highest BCUT2D eigenvalue weighted by molar-refractivity contribution is 5.90. The number of hydrogen-bond acceptors (Lipinski definition) is 5. The summed E-state index contributed by atoms with van der Waals surface area (Å²) in [6.07, 6.45) is 0. The number of oxime groups is 1. The van der Waals surface area contributed by atoms with Crippen molar-refractivity contribution in [2.75, 3.05) is 13.2 Å². The van der Waals surface area contributed by atoms with Gasteiger partial charge in [0.1, 0.15) is 0 Å². The van der Waals surface area contributed by atoms with Gasteiger partial charge >= 0.3 is 0 Å². The highest BCUT2D eigenvalue weighted by atomic mass is 35.5. The van der Waals surface area contributed by atoms with Crippen LogP contribution in [-0.2, 0) is 4.84 Å². The van der Waals surface area contributed by atoms with Crippen LogP contribution in [0, 0.1) is 0 Å². The molecule has 0 aromatic rings. The molecule has 0 heterocycles. The van der Waals surface area contributed by atoms with E-state index in [2.05, 4.69) is 15.3 Å². The van der Waals surface area contributed by atoms with Gasteiger partial charge in [0.15, 0.2) is 0 Å². The fourth-order valence-corrected chi connectivity index (χ4v) is 0.675. The third-order valence-electron chi connectivity index (χ3n) is 1.84. The molecule has 0 spiro atoms. The predicted molar refractivity (Wildman–Crippen MR) is 54.4 cm³/mol. The van der Waals surface area contributed by atoms with Crippen LogP contribution in [0.15, 0.2) is 5.16 Å². The molecule has 0 aromatic carbocycles. The molecule has 4 N–H and O–H groups in total. The van der Waals surface area contributed by atoms with Crippen LogP contribution in [0.4, 0.5) is 0 Å². The van der Waals surface area contributed by atoms with Crippen LogP contribution >= 0.6 is 12.4 Å². The van der Waals surface area contributed by atoms with E-state index in [1.165, 1.54) is 0 Å². The van der Waals surface area contributed by atoms with Crippen molar-refractivity contribution in [3.05, 3.63) is 0 Å². The monoisotopic (exact) mass is 211 g/mol. The van der Waals surface area contributed by atoms with Crippen LogP contribution in [0.3, 0.4) is 0 Å². The smallest absolute Gasteiger partial charge is 0.0804 e. The largest absolute Gasteiger partial charge is 0.411 e. The van der Waals surface area contributed by atoms with E-state index in [9.17, 15) is 0 Å². The van der Waals surface area contributed by atoms with E-state index in [0.29, 0.717) is 18.9 Å². The zero-order valence-corrected chi connectivity index (χ0v) is 9.02. The Kier molecular flexibility index (Phi) is 8.24. The number of nitrogens with zero attached hydrogens (tertiary/aromatic N) is 1. The maximum Gasteiger partial charge on any atom is 0.0804 e. The Morgan fingerprint density at radius 3 is 2.54 bits per heavy atom. The van der Waals surface area contributed by atoms with Crippen LogP contribution in [0.1, 0.15) is 20.8 Å². The second-order valence-corrected chi connectivity index (χ2v) is 3.11. The Hall–Kier alpha value is -0.360. The van der Waals surface area contributed by atoms with Gasteiger partial charge in [-0.3, -0.25) is 0 Å². The molecule has 6 heteroatoms. The van der Waals surface area contributed by atoms with Crippen molar-refractivity contribution in [1.82, 2.24) is 5.32 Å². The maximum atomic E-state index is 8.52. The molecule has 80 valence electrons. The number of hydrogen-bond donors (Lipinski definition) is 3. The van der Waals surface area contributed by atoms with Crippen LogP contribution in [-0.4, -0.2) is 29.6 Å². The van der Waals surface area contributed by atoms with Gasteiger partial charge in [-0.25, -0.2) is 5.90 Å². The lowest BCUT2D eigenvalue weighted by Gasteiger charge is -2.24. The first-order valence-corrected chi connectivity index (χ1v) is 3.80. The van der Waals surface area contributed by atoms with Crippen LogP contribution in [0.5, 0.6) is 0 Å². The summed E-state index contributed by atoms with van der Waals surface area (Å²) in [6, 6.07) is 0. The van der Waals surface area contributed by atoms with Gasteiger partial charge in [0.25, 0.3) is 0 Å². The van der Waals surface area contributed by atoms with Crippen molar-refractivity contribution in [2.45, 2.75) is 26.3 Å². The first kappa shape index (κ1) is 15.1.